The summed E-state index contributed by atoms with van der Waals surface area (Å²) in [6.07, 6.45) is 0. The summed E-state index contributed by atoms with van der Waals surface area (Å²) in [4.78, 5) is 35.3. The van der Waals surface area contributed by atoms with Crippen LogP contribution in [0.4, 0.5) is 15.8 Å². The van der Waals surface area contributed by atoms with E-state index in [-0.39, 0.29) is 5.69 Å². The van der Waals surface area contributed by atoms with Crippen LogP contribution in [0.3, 0.4) is 0 Å². The van der Waals surface area contributed by atoms with Crippen molar-refractivity contribution in [3.8, 4) is 10.6 Å². The number of carbonyl (C=O) groups excluding carboxylic acids is 1. The van der Waals surface area contributed by atoms with Gasteiger partial charge in [0.2, 0.25) is 11.7 Å². The average molecular weight is 388 g/mol. The van der Waals surface area contributed by atoms with E-state index >= 15 is 0 Å². The van der Waals surface area contributed by atoms with Gasteiger partial charge in [0.25, 0.3) is 5.56 Å². The predicted octanol–water partition coefficient (Wildman–Crippen LogP) is 3.22. The molecule has 8 nitrogen and oxygen atoms in total. The molecule has 1 aromatic carbocycles. The molecule has 138 valence electrons. The van der Waals surface area contributed by atoms with Crippen LogP contribution in [-0.4, -0.2) is 20.6 Å². The van der Waals surface area contributed by atoms with Crippen molar-refractivity contribution in [1.82, 2.24) is 9.78 Å². The molecule has 2 heterocycles. The minimum atomic E-state index is -1.01. The number of benzene rings is 1. The standard InChI is InChI=1S/C17H13FN4O4S/c1-10(17(24)19-11-4-5-12(18)14(9-11)22(25)26)21-16(23)7-6-13(20-21)15-3-2-8-27-15/h2-10H,1H3,(H,19,24). The zero-order valence-corrected chi connectivity index (χ0v) is 14.8. The van der Waals surface area contributed by atoms with Crippen LogP contribution in [0.25, 0.3) is 10.6 Å². The molecule has 1 N–H and O–H groups in total. The van der Waals surface area contributed by atoms with Gasteiger partial charge in [-0.3, -0.25) is 19.7 Å². The van der Waals surface area contributed by atoms with E-state index in [1.54, 1.807) is 6.07 Å². The van der Waals surface area contributed by atoms with E-state index in [0.29, 0.717) is 5.69 Å². The molecule has 0 bridgehead atoms. The van der Waals surface area contributed by atoms with Crippen LogP contribution in [0.15, 0.2) is 52.6 Å². The molecule has 3 aromatic rings. The maximum absolute atomic E-state index is 13.4. The molecule has 2 aromatic heterocycles. The molecule has 0 saturated heterocycles. The number of amides is 1. The maximum atomic E-state index is 13.4. The second-order valence-electron chi connectivity index (χ2n) is 5.57. The number of halogens is 1. The van der Waals surface area contributed by atoms with Crippen LogP contribution in [0, 0.1) is 15.9 Å². The quantitative estimate of drug-likeness (QED) is 0.533. The Morgan fingerprint density at radius 2 is 2.11 bits per heavy atom. The fraction of sp³-hybridized carbons (Fsp3) is 0.118. The minimum Gasteiger partial charge on any atom is -0.324 e. The Bertz CT molecular complexity index is 1070. The fourth-order valence-corrected chi connectivity index (χ4v) is 3.04. The third kappa shape index (κ3) is 3.90. The second kappa shape index (κ2) is 7.46. The lowest BCUT2D eigenvalue weighted by Gasteiger charge is -2.14. The maximum Gasteiger partial charge on any atom is 0.306 e. The van der Waals surface area contributed by atoms with Gasteiger partial charge in [0.1, 0.15) is 11.7 Å². The summed E-state index contributed by atoms with van der Waals surface area (Å²) in [7, 11) is 0. The molecule has 27 heavy (non-hydrogen) atoms. The van der Waals surface area contributed by atoms with Crippen LogP contribution in [0.2, 0.25) is 0 Å². The highest BCUT2D eigenvalue weighted by atomic mass is 32.1. The van der Waals surface area contributed by atoms with Crippen LogP contribution >= 0.6 is 11.3 Å². The van der Waals surface area contributed by atoms with Gasteiger partial charge in [-0.2, -0.15) is 9.49 Å². The third-order valence-electron chi connectivity index (χ3n) is 3.76. The van der Waals surface area contributed by atoms with E-state index in [4.69, 9.17) is 0 Å². The molecule has 1 amide bonds. The number of aromatic nitrogens is 2. The SMILES string of the molecule is CC(C(=O)Nc1ccc(F)c([N+](=O)[O-])c1)n1nc(-c2cccs2)ccc1=O. The Kier molecular flexibility index (Phi) is 5.08. The van der Waals surface area contributed by atoms with Gasteiger partial charge >= 0.3 is 5.69 Å². The lowest BCUT2D eigenvalue weighted by molar-refractivity contribution is -0.387. The second-order valence-corrected chi connectivity index (χ2v) is 6.51. The Balaban J connectivity index is 1.86. The Morgan fingerprint density at radius 1 is 1.33 bits per heavy atom. The van der Waals surface area contributed by atoms with E-state index in [1.165, 1.54) is 30.4 Å². The summed E-state index contributed by atoms with van der Waals surface area (Å²) >= 11 is 1.44. The van der Waals surface area contributed by atoms with Crippen molar-refractivity contribution in [2.45, 2.75) is 13.0 Å². The van der Waals surface area contributed by atoms with Crippen LogP contribution in [0.1, 0.15) is 13.0 Å². The first-order chi connectivity index (χ1) is 12.9. The number of nitro groups is 1. The Labute approximate surface area is 156 Å². The first-order valence-corrected chi connectivity index (χ1v) is 8.63. The van der Waals surface area contributed by atoms with E-state index < -0.39 is 33.9 Å². The van der Waals surface area contributed by atoms with Crippen molar-refractivity contribution in [2.75, 3.05) is 5.32 Å². The van der Waals surface area contributed by atoms with Gasteiger partial charge in [0.15, 0.2) is 0 Å². The Morgan fingerprint density at radius 3 is 2.78 bits per heavy atom. The zero-order valence-electron chi connectivity index (χ0n) is 14.0. The van der Waals surface area contributed by atoms with Gasteiger partial charge in [-0.15, -0.1) is 11.3 Å². The van der Waals surface area contributed by atoms with Crippen molar-refractivity contribution >= 4 is 28.6 Å². The fourth-order valence-electron chi connectivity index (χ4n) is 2.35. The van der Waals surface area contributed by atoms with E-state index in [1.807, 2.05) is 17.5 Å². The molecule has 0 aliphatic carbocycles. The summed E-state index contributed by atoms with van der Waals surface area (Å²) in [5.74, 6) is -1.62. The van der Waals surface area contributed by atoms with Gasteiger partial charge < -0.3 is 5.32 Å². The highest BCUT2D eigenvalue weighted by molar-refractivity contribution is 7.13. The average Bonchev–Trinajstić information content (AvgIpc) is 3.17. The molecule has 1 unspecified atom stereocenters. The molecule has 3 rings (SSSR count). The van der Waals surface area contributed by atoms with Gasteiger partial charge in [0, 0.05) is 17.8 Å². The number of anilines is 1. The number of nitro benzene ring substituents is 1. The molecular weight excluding hydrogens is 375 g/mol. The van der Waals surface area contributed by atoms with Crippen molar-refractivity contribution in [2.24, 2.45) is 0 Å². The van der Waals surface area contributed by atoms with Crippen molar-refractivity contribution in [3.63, 3.8) is 0 Å². The summed E-state index contributed by atoms with van der Waals surface area (Å²) in [6.45, 7) is 1.47. The summed E-state index contributed by atoms with van der Waals surface area (Å²) in [5, 5.41) is 19.3. The normalized spacial score (nSPS) is 11.8. The number of nitrogens with one attached hydrogen (secondary N) is 1. The third-order valence-corrected chi connectivity index (χ3v) is 4.65. The van der Waals surface area contributed by atoms with E-state index in [2.05, 4.69) is 10.4 Å². The smallest absolute Gasteiger partial charge is 0.306 e. The number of carbonyl (C=O) groups is 1. The van der Waals surface area contributed by atoms with Gasteiger partial charge in [-0.1, -0.05) is 6.07 Å². The van der Waals surface area contributed by atoms with E-state index in [9.17, 15) is 24.1 Å². The van der Waals surface area contributed by atoms with Crippen molar-refractivity contribution in [3.05, 3.63) is 74.1 Å². The Hall–Kier alpha value is -3.40. The van der Waals surface area contributed by atoms with Crippen LogP contribution in [-0.2, 0) is 4.79 Å². The van der Waals surface area contributed by atoms with Gasteiger partial charge in [-0.05, 0) is 36.6 Å². The minimum absolute atomic E-state index is 0.0439. The van der Waals surface area contributed by atoms with Crippen LogP contribution < -0.4 is 10.9 Å². The first-order valence-electron chi connectivity index (χ1n) is 7.75. The highest BCUT2D eigenvalue weighted by Gasteiger charge is 2.20. The molecular formula is C17H13FN4O4S. The summed E-state index contributed by atoms with van der Waals surface area (Å²) in [5.41, 5.74) is -0.637. The number of hydrogen-bond donors (Lipinski definition) is 1. The number of thiophene rings is 1. The van der Waals surface area contributed by atoms with Gasteiger partial charge in [-0.25, -0.2) is 4.68 Å². The monoisotopic (exact) mass is 388 g/mol. The van der Waals surface area contributed by atoms with Gasteiger partial charge in [0.05, 0.1) is 9.80 Å². The molecule has 0 spiro atoms. The van der Waals surface area contributed by atoms with E-state index in [0.717, 1.165) is 21.7 Å². The molecule has 10 heteroatoms. The zero-order chi connectivity index (χ0) is 19.6. The largest absolute Gasteiger partial charge is 0.324 e. The molecule has 0 aliphatic rings. The summed E-state index contributed by atoms with van der Waals surface area (Å²) in [6, 6.07) is 8.58. The lowest BCUT2D eigenvalue weighted by atomic mass is 10.2. The number of rotatable bonds is 5. The van der Waals surface area contributed by atoms with Crippen molar-refractivity contribution < 1.29 is 14.1 Å². The molecule has 0 radical (unpaired) electrons. The molecule has 0 saturated carbocycles. The number of hydrogen-bond acceptors (Lipinski definition) is 6. The topological polar surface area (TPSA) is 107 Å². The predicted molar refractivity (Wildman–Crippen MR) is 98.2 cm³/mol. The highest BCUT2D eigenvalue weighted by Crippen LogP contribution is 2.23. The lowest BCUT2D eigenvalue weighted by Crippen LogP contribution is -2.33. The summed E-state index contributed by atoms with van der Waals surface area (Å²) < 4.78 is 14.4. The molecule has 1 atom stereocenters. The first kappa shape index (κ1) is 18.4. The molecule has 0 fully saturated rings. The number of nitrogens with zero attached hydrogens (tertiary/aromatic N) is 3. The van der Waals surface area contributed by atoms with Crippen molar-refractivity contribution in [1.29, 1.82) is 0 Å². The van der Waals surface area contributed by atoms with Crippen LogP contribution in [0.5, 0.6) is 0 Å². The molecule has 0 aliphatic heterocycles.